The molecule has 2 saturated carbocycles. The summed E-state index contributed by atoms with van der Waals surface area (Å²) in [7, 11) is 0. The van der Waals surface area contributed by atoms with Crippen LogP contribution in [-0.2, 0) is 11.8 Å². The van der Waals surface area contributed by atoms with Crippen molar-refractivity contribution in [2.24, 2.45) is 0 Å². The zero-order valence-electron chi connectivity index (χ0n) is 17.9. The summed E-state index contributed by atoms with van der Waals surface area (Å²) >= 11 is 6.89. The zero-order valence-corrected chi connectivity index (χ0v) is 19.6. The Bertz CT molecular complexity index is 792. The summed E-state index contributed by atoms with van der Waals surface area (Å²) in [4.78, 5) is 0. The molecule has 2 fully saturated rings. The maximum atomic E-state index is 6.89. The second-order valence-electron chi connectivity index (χ2n) is 8.99. The third kappa shape index (κ3) is 4.47. The first-order valence-electron chi connectivity index (χ1n) is 11.6. The van der Waals surface area contributed by atoms with Gasteiger partial charge in [-0.2, -0.15) is 0 Å². The molecule has 154 valence electrons. The summed E-state index contributed by atoms with van der Waals surface area (Å²) in [6.45, 7) is 2.43. The van der Waals surface area contributed by atoms with E-state index in [0.717, 1.165) is 11.3 Å². The highest BCUT2D eigenvalue weighted by atomic mass is 32.4. The largest absolute Gasteiger partial charge is 0.0923 e. The van der Waals surface area contributed by atoms with E-state index in [2.05, 4.69) is 67.6 Å². The third-order valence-electron chi connectivity index (χ3n) is 7.25. The maximum absolute atomic E-state index is 6.89. The van der Waals surface area contributed by atoms with Gasteiger partial charge in [0, 0.05) is 0 Å². The Hall–Kier alpha value is -1.17. The molecule has 2 aliphatic rings. The van der Waals surface area contributed by atoms with E-state index in [1.54, 1.807) is 5.31 Å². The first-order valence-corrected chi connectivity index (χ1v) is 14.6. The van der Waals surface area contributed by atoms with E-state index in [-0.39, 0.29) is 0 Å². The van der Waals surface area contributed by atoms with Gasteiger partial charge in [-0.15, -0.1) is 0 Å². The van der Waals surface area contributed by atoms with Crippen molar-refractivity contribution in [2.45, 2.75) is 82.4 Å². The molecule has 2 heteroatoms. The van der Waals surface area contributed by atoms with Gasteiger partial charge < -0.3 is 0 Å². The van der Waals surface area contributed by atoms with E-state index in [0.29, 0.717) is 0 Å². The molecule has 0 unspecified atom stereocenters. The smallest absolute Gasteiger partial charge is 0.00697 e. The summed E-state index contributed by atoms with van der Waals surface area (Å²) < 4.78 is 0. The highest BCUT2D eigenvalue weighted by molar-refractivity contribution is 8.17. The van der Waals surface area contributed by atoms with Crippen molar-refractivity contribution in [3.8, 4) is 0 Å². The fourth-order valence-electron chi connectivity index (χ4n) is 5.74. The van der Waals surface area contributed by atoms with Crippen LogP contribution in [0.2, 0.25) is 0 Å². The molecule has 0 nitrogen and oxygen atoms in total. The van der Waals surface area contributed by atoms with Crippen LogP contribution in [0.4, 0.5) is 0 Å². The molecule has 4 rings (SSSR count). The van der Waals surface area contributed by atoms with Gasteiger partial charge in [-0.3, -0.25) is 0 Å². The molecule has 2 aliphatic carbocycles. The van der Waals surface area contributed by atoms with Gasteiger partial charge in [0.1, 0.15) is 0 Å². The van der Waals surface area contributed by atoms with Crippen LogP contribution in [-0.4, -0.2) is 11.3 Å². The summed E-state index contributed by atoms with van der Waals surface area (Å²) in [5, 5.41) is 1.57. The second kappa shape index (κ2) is 9.76. The Balaban J connectivity index is 1.89. The summed E-state index contributed by atoms with van der Waals surface area (Å²) in [6.07, 6.45) is 13.8. The van der Waals surface area contributed by atoms with Crippen LogP contribution in [0.5, 0.6) is 0 Å². The van der Waals surface area contributed by atoms with Gasteiger partial charge in [0.25, 0.3) is 0 Å². The van der Waals surface area contributed by atoms with E-state index in [1.165, 1.54) is 80.9 Å². The fraction of sp³-hybridized carbons (Fsp3) is 0.481. The molecule has 0 radical (unpaired) electrons. The van der Waals surface area contributed by atoms with Crippen LogP contribution in [0.1, 0.15) is 82.3 Å². The van der Waals surface area contributed by atoms with Crippen molar-refractivity contribution in [2.75, 3.05) is 0 Å². The van der Waals surface area contributed by atoms with Crippen molar-refractivity contribution in [1.29, 1.82) is 0 Å². The molecular weight excluding hydrogens is 387 g/mol. The molecular formula is C27H35PS. The Kier molecular flexibility index (Phi) is 7.09. The van der Waals surface area contributed by atoms with E-state index >= 15 is 0 Å². The quantitative estimate of drug-likeness (QED) is 0.435. The highest BCUT2D eigenvalue weighted by Gasteiger charge is 2.39. The van der Waals surface area contributed by atoms with Crippen LogP contribution >= 0.6 is 6.04 Å². The number of hydrogen-bond acceptors (Lipinski definition) is 1. The summed E-state index contributed by atoms with van der Waals surface area (Å²) in [6, 6.07) is 20.5. The first-order chi connectivity index (χ1) is 14.2. The Morgan fingerprint density at radius 1 is 0.655 bits per heavy atom. The van der Waals surface area contributed by atoms with Crippen molar-refractivity contribution in [1.82, 2.24) is 0 Å². The molecule has 0 bridgehead atoms. The van der Waals surface area contributed by atoms with Crippen LogP contribution in [0.15, 0.2) is 66.0 Å². The first kappa shape index (κ1) is 21.1. The number of allylic oxidation sites excluding steroid dienone is 1. The molecule has 0 aromatic heterocycles. The van der Waals surface area contributed by atoms with Crippen molar-refractivity contribution >= 4 is 23.4 Å². The lowest BCUT2D eigenvalue weighted by atomic mass is 9.97. The summed E-state index contributed by atoms with van der Waals surface area (Å²) in [5.74, 6) is 0. The molecule has 0 saturated heterocycles. The number of benzene rings is 2. The van der Waals surface area contributed by atoms with Gasteiger partial charge in [0.15, 0.2) is 0 Å². The van der Waals surface area contributed by atoms with E-state index in [1.807, 2.05) is 0 Å². The molecule has 2 aromatic carbocycles. The van der Waals surface area contributed by atoms with Crippen LogP contribution in [0, 0.1) is 0 Å². The summed E-state index contributed by atoms with van der Waals surface area (Å²) in [5.41, 5.74) is 5.65. The van der Waals surface area contributed by atoms with Gasteiger partial charge in [-0.1, -0.05) is 111 Å². The van der Waals surface area contributed by atoms with Crippen molar-refractivity contribution < 1.29 is 0 Å². The molecule has 2 aromatic rings. The lowest BCUT2D eigenvalue weighted by Gasteiger charge is -2.43. The molecule has 0 amide bonds. The predicted octanol–water partition coefficient (Wildman–Crippen LogP) is 8.61. The lowest BCUT2D eigenvalue weighted by Crippen LogP contribution is -2.24. The fourth-order valence-corrected chi connectivity index (χ4v) is 11.8. The topological polar surface area (TPSA) is 0 Å². The minimum atomic E-state index is -1.64. The predicted molar refractivity (Wildman–Crippen MR) is 133 cm³/mol. The van der Waals surface area contributed by atoms with E-state index < -0.39 is 6.04 Å². The van der Waals surface area contributed by atoms with Gasteiger partial charge in [-0.05, 0) is 72.0 Å². The molecule has 0 spiro atoms. The van der Waals surface area contributed by atoms with Crippen molar-refractivity contribution in [3.05, 3.63) is 77.1 Å². The van der Waals surface area contributed by atoms with Gasteiger partial charge in [0.05, 0.1) is 0 Å². The van der Waals surface area contributed by atoms with Gasteiger partial charge in [0.2, 0.25) is 0 Å². The average molecular weight is 423 g/mol. The molecule has 0 aliphatic heterocycles. The number of rotatable bonds is 5. The van der Waals surface area contributed by atoms with E-state index in [9.17, 15) is 0 Å². The second-order valence-corrected chi connectivity index (χ2v) is 14.3. The minimum absolute atomic E-state index is 0.761. The number of hydrogen-bond donors (Lipinski definition) is 0. The Morgan fingerprint density at radius 2 is 1.03 bits per heavy atom. The third-order valence-corrected chi connectivity index (χ3v) is 14.3. The Morgan fingerprint density at radius 3 is 1.41 bits per heavy atom. The normalized spacial score (nSPS) is 19.1. The zero-order chi connectivity index (χ0) is 20.1. The van der Waals surface area contributed by atoms with Crippen LogP contribution in [0.25, 0.3) is 5.57 Å². The van der Waals surface area contributed by atoms with Gasteiger partial charge in [-0.25, -0.2) is 0 Å². The highest BCUT2D eigenvalue weighted by Crippen LogP contribution is 2.69. The minimum Gasteiger partial charge on any atom is -0.0923 e. The molecule has 0 N–H and O–H groups in total. The van der Waals surface area contributed by atoms with E-state index in [4.69, 9.17) is 11.8 Å². The molecule has 0 atom stereocenters. The molecule has 0 heterocycles. The van der Waals surface area contributed by atoms with Crippen molar-refractivity contribution in [3.63, 3.8) is 0 Å². The molecule has 29 heavy (non-hydrogen) atoms. The monoisotopic (exact) mass is 422 g/mol. The standard InChI is InChI=1S/C27H35PS/c1-22(27(23-14-6-2-7-15-23)24-16-8-3-9-17-24)28(29,25-18-10-4-11-19-25)26-20-12-5-13-21-26/h2-3,6-9,14-17,25-26H,4-5,10-13,18-21H2,1H3. The maximum Gasteiger partial charge on any atom is -0.00697 e. The Labute approximate surface area is 182 Å². The van der Waals surface area contributed by atoms with Crippen LogP contribution < -0.4 is 0 Å². The SMILES string of the molecule is CC(=C(c1ccccc1)c1ccccc1)P(=S)(C1CCCCC1)C1CCCCC1. The van der Waals surface area contributed by atoms with Crippen LogP contribution in [0.3, 0.4) is 0 Å². The lowest BCUT2D eigenvalue weighted by molar-refractivity contribution is 0.485. The average Bonchev–Trinajstić information content (AvgIpc) is 2.81. The van der Waals surface area contributed by atoms with Gasteiger partial charge >= 0.3 is 0 Å².